The van der Waals surface area contributed by atoms with Crippen LogP contribution in [-0.2, 0) is 11.3 Å². The van der Waals surface area contributed by atoms with Crippen molar-refractivity contribution in [3.8, 4) is 5.75 Å². The number of carbonyl (C=O) groups is 1. The van der Waals surface area contributed by atoms with Crippen LogP contribution in [0.2, 0.25) is 10.0 Å². The van der Waals surface area contributed by atoms with Crippen molar-refractivity contribution in [1.82, 2.24) is 9.78 Å². The standard InChI is InChI=1S/C21H17Cl2F2N3O2/c1-13-10-19(27-28(13)12-15-4-8-17(22)18(23)11-15)26-20(29)9-5-14-2-6-16(7-3-14)30-21(24)25/h2-11,21H,12H2,1H3,(H,26,27,29)/b9-5-. The summed E-state index contributed by atoms with van der Waals surface area (Å²) in [6.07, 6.45) is 2.89. The van der Waals surface area contributed by atoms with Gasteiger partial charge in [0.1, 0.15) is 5.75 Å². The Morgan fingerprint density at radius 2 is 1.90 bits per heavy atom. The molecule has 0 spiro atoms. The van der Waals surface area contributed by atoms with Gasteiger partial charge < -0.3 is 10.1 Å². The molecule has 156 valence electrons. The molecule has 3 rings (SSSR count). The Morgan fingerprint density at radius 3 is 2.57 bits per heavy atom. The molecule has 3 aromatic rings. The number of amides is 1. The predicted molar refractivity (Wildman–Crippen MR) is 113 cm³/mol. The number of aromatic nitrogens is 2. The van der Waals surface area contributed by atoms with Crippen molar-refractivity contribution < 1.29 is 18.3 Å². The number of rotatable bonds is 7. The minimum atomic E-state index is -2.88. The summed E-state index contributed by atoms with van der Waals surface area (Å²) in [5, 5.41) is 8.01. The lowest BCUT2D eigenvalue weighted by Crippen LogP contribution is -2.09. The maximum Gasteiger partial charge on any atom is 0.387 e. The summed E-state index contributed by atoms with van der Waals surface area (Å²) in [7, 11) is 0. The molecule has 5 nitrogen and oxygen atoms in total. The van der Waals surface area contributed by atoms with Gasteiger partial charge in [0.25, 0.3) is 0 Å². The number of anilines is 1. The number of aryl methyl sites for hydroxylation is 1. The summed E-state index contributed by atoms with van der Waals surface area (Å²) in [5.74, 6) is 0.0829. The lowest BCUT2D eigenvalue weighted by Gasteiger charge is -2.06. The lowest BCUT2D eigenvalue weighted by molar-refractivity contribution is -0.111. The molecule has 0 atom stereocenters. The average molecular weight is 452 g/mol. The molecular weight excluding hydrogens is 435 g/mol. The van der Waals surface area contributed by atoms with Gasteiger partial charge in [-0.25, -0.2) is 0 Å². The Balaban J connectivity index is 1.60. The lowest BCUT2D eigenvalue weighted by atomic mass is 10.2. The molecule has 1 N–H and O–H groups in total. The smallest absolute Gasteiger partial charge is 0.387 e. The molecule has 0 bridgehead atoms. The van der Waals surface area contributed by atoms with Crippen molar-refractivity contribution in [3.05, 3.63) is 81.5 Å². The highest BCUT2D eigenvalue weighted by atomic mass is 35.5. The van der Waals surface area contributed by atoms with Gasteiger partial charge in [-0.15, -0.1) is 0 Å². The average Bonchev–Trinajstić information content (AvgIpc) is 3.02. The van der Waals surface area contributed by atoms with Crippen molar-refractivity contribution in [2.24, 2.45) is 0 Å². The number of benzene rings is 2. The molecule has 1 heterocycles. The second-order valence-corrected chi connectivity index (χ2v) is 7.16. The number of nitrogens with one attached hydrogen (secondary N) is 1. The van der Waals surface area contributed by atoms with Crippen molar-refractivity contribution in [2.45, 2.75) is 20.1 Å². The van der Waals surface area contributed by atoms with E-state index in [0.717, 1.165) is 11.3 Å². The first-order chi connectivity index (χ1) is 14.3. The molecule has 0 radical (unpaired) electrons. The van der Waals surface area contributed by atoms with Gasteiger partial charge in [0, 0.05) is 17.8 Å². The van der Waals surface area contributed by atoms with Crippen molar-refractivity contribution in [3.63, 3.8) is 0 Å². The number of halogens is 4. The topological polar surface area (TPSA) is 56.1 Å². The van der Waals surface area contributed by atoms with Crippen molar-refractivity contribution in [2.75, 3.05) is 5.32 Å². The highest BCUT2D eigenvalue weighted by molar-refractivity contribution is 6.42. The number of hydrogen-bond acceptors (Lipinski definition) is 3. The molecule has 1 amide bonds. The van der Waals surface area contributed by atoms with Crippen molar-refractivity contribution in [1.29, 1.82) is 0 Å². The van der Waals surface area contributed by atoms with Crippen LogP contribution in [0.5, 0.6) is 5.75 Å². The molecular formula is C21H17Cl2F2N3O2. The minimum Gasteiger partial charge on any atom is -0.435 e. The Bertz CT molecular complexity index is 1070. The van der Waals surface area contributed by atoms with Gasteiger partial charge >= 0.3 is 6.61 Å². The number of nitrogens with zero attached hydrogens (tertiary/aromatic N) is 2. The molecule has 9 heteroatoms. The monoisotopic (exact) mass is 451 g/mol. The minimum absolute atomic E-state index is 0.0505. The van der Waals surface area contributed by atoms with Gasteiger partial charge in [0.15, 0.2) is 5.82 Å². The number of ether oxygens (including phenoxy) is 1. The largest absolute Gasteiger partial charge is 0.435 e. The van der Waals surface area contributed by atoms with Crippen LogP contribution in [0.25, 0.3) is 6.08 Å². The van der Waals surface area contributed by atoms with E-state index in [1.165, 1.54) is 18.2 Å². The van der Waals surface area contributed by atoms with Crippen LogP contribution in [-0.4, -0.2) is 22.3 Å². The zero-order chi connectivity index (χ0) is 21.7. The fourth-order valence-corrected chi connectivity index (χ4v) is 2.96. The van der Waals surface area contributed by atoms with E-state index in [1.807, 2.05) is 13.0 Å². The van der Waals surface area contributed by atoms with Gasteiger partial charge in [0.2, 0.25) is 5.91 Å². The van der Waals surface area contributed by atoms with E-state index in [9.17, 15) is 13.6 Å². The maximum absolute atomic E-state index is 12.2. The maximum atomic E-state index is 12.2. The SMILES string of the molecule is Cc1cc(NC(=O)/C=C\c2ccc(OC(F)F)cc2)nn1Cc1ccc(Cl)c(Cl)c1. The molecule has 1 aromatic heterocycles. The molecule has 0 aliphatic carbocycles. The first-order valence-corrected chi connectivity index (χ1v) is 9.58. The van der Waals surface area contributed by atoms with Crippen LogP contribution < -0.4 is 10.1 Å². The third kappa shape index (κ3) is 6.05. The first kappa shape index (κ1) is 21.8. The van der Waals surface area contributed by atoms with Gasteiger partial charge in [-0.2, -0.15) is 13.9 Å². The quantitative estimate of drug-likeness (QED) is 0.461. The fraction of sp³-hybridized carbons (Fsp3) is 0.143. The molecule has 0 fully saturated rings. The summed E-state index contributed by atoms with van der Waals surface area (Å²) in [4.78, 5) is 12.2. The second kappa shape index (κ2) is 9.73. The summed E-state index contributed by atoms with van der Waals surface area (Å²) in [6, 6.07) is 13.0. The van der Waals surface area contributed by atoms with Crippen LogP contribution in [0.3, 0.4) is 0 Å². The van der Waals surface area contributed by atoms with Gasteiger partial charge in [-0.1, -0.05) is 41.4 Å². The van der Waals surface area contributed by atoms with E-state index in [2.05, 4.69) is 15.2 Å². The Morgan fingerprint density at radius 1 is 1.17 bits per heavy atom. The van der Waals surface area contributed by atoms with Crippen LogP contribution in [0.15, 0.2) is 54.6 Å². The third-order valence-electron chi connectivity index (χ3n) is 4.08. The zero-order valence-corrected chi connectivity index (χ0v) is 17.3. The molecule has 0 unspecified atom stereocenters. The van der Waals surface area contributed by atoms with Crippen molar-refractivity contribution >= 4 is 41.0 Å². The number of alkyl halides is 2. The predicted octanol–water partition coefficient (Wildman–Crippen LogP) is 5.80. The summed E-state index contributed by atoms with van der Waals surface area (Å²) in [5.41, 5.74) is 2.44. The van der Waals surface area contributed by atoms with E-state index in [0.29, 0.717) is 28.0 Å². The van der Waals surface area contributed by atoms with Crippen LogP contribution >= 0.6 is 23.2 Å². The van der Waals surface area contributed by atoms with Gasteiger partial charge in [0.05, 0.1) is 16.6 Å². The van der Waals surface area contributed by atoms with Gasteiger partial charge in [-0.3, -0.25) is 9.48 Å². The third-order valence-corrected chi connectivity index (χ3v) is 4.82. The first-order valence-electron chi connectivity index (χ1n) is 8.82. The van der Waals surface area contributed by atoms with E-state index in [-0.39, 0.29) is 11.7 Å². The molecule has 0 saturated heterocycles. The molecule has 2 aromatic carbocycles. The van der Waals surface area contributed by atoms with Crippen LogP contribution in [0.1, 0.15) is 16.8 Å². The molecule has 0 aliphatic rings. The van der Waals surface area contributed by atoms with E-state index in [1.54, 1.807) is 41.1 Å². The Labute approximate surface area is 181 Å². The Hall–Kier alpha value is -2.90. The van der Waals surface area contributed by atoms with E-state index < -0.39 is 6.61 Å². The second-order valence-electron chi connectivity index (χ2n) is 6.35. The van der Waals surface area contributed by atoms with E-state index in [4.69, 9.17) is 23.2 Å². The molecule has 30 heavy (non-hydrogen) atoms. The highest BCUT2D eigenvalue weighted by Crippen LogP contribution is 2.23. The summed E-state index contributed by atoms with van der Waals surface area (Å²) < 4.78 is 30.3. The number of carbonyl (C=O) groups excluding carboxylic acids is 1. The van der Waals surface area contributed by atoms with E-state index >= 15 is 0 Å². The van der Waals surface area contributed by atoms with Gasteiger partial charge in [-0.05, 0) is 48.4 Å². The highest BCUT2D eigenvalue weighted by Gasteiger charge is 2.08. The molecule has 0 saturated carbocycles. The fourth-order valence-electron chi connectivity index (χ4n) is 2.64. The normalized spacial score (nSPS) is 11.3. The molecule has 0 aliphatic heterocycles. The zero-order valence-electron chi connectivity index (χ0n) is 15.8. The summed E-state index contributed by atoms with van der Waals surface area (Å²) in [6.45, 7) is -0.530. The Kier molecular flexibility index (Phi) is 7.07. The van der Waals surface area contributed by atoms with Crippen LogP contribution in [0.4, 0.5) is 14.6 Å². The number of hydrogen-bond donors (Lipinski definition) is 1. The van der Waals surface area contributed by atoms with Crippen LogP contribution in [0, 0.1) is 6.92 Å². The summed E-state index contributed by atoms with van der Waals surface area (Å²) >= 11 is 12.0.